The molecule has 96 heavy (non-hydrogen) atoms. The molecule has 0 radical (unpaired) electrons. The van der Waals surface area contributed by atoms with Gasteiger partial charge >= 0.3 is 0 Å². The Hall–Kier alpha value is -8.48. The highest BCUT2D eigenvalue weighted by Crippen LogP contribution is 2.23. The number of rotatable bonds is 24. The molecule has 8 rings (SSSR count). The van der Waals surface area contributed by atoms with E-state index in [9.17, 15) is 81.7 Å². The predicted molar refractivity (Wildman–Crippen MR) is 376 cm³/mol. The van der Waals surface area contributed by atoms with Gasteiger partial charge in [-0.25, -0.2) is 0 Å². The van der Waals surface area contributed by atoms with Crippen molar-refractivity contribution in [1.29, 1.82) is 0 Å². The van der Waals surface area contributed by atoms with Crippen molar-refractivity contribution in [1.82, 2.24) is 42.5 Å². The molecule has 0 saturated carbocycles. The first-order valence-electron chi connectivity index (χ1n) is 58.9. The lowest BCUT2D eigenvalue weighted by Gasteiger charge is -2.09. The first kappa shape index (κ1) is 27.1. The van der Waals surface area contributed by atoms with Gasteiger partial charge in [-0.05, 0) is 197 Å². The van der Waals surface area contributed by atoms with Crippen LogP contribution in [0.15, 0.2) is 193 Å². The van der Waals surface area contributed by atoms with Gasteiger partial charge in [0.05, 0.1) is 98.1 Å². The van der Waals surface area contributed by atoms with Crippen LogP contribution in [0.3, 0.4) is 0 Å². The van der Waals surface area contributed by atoms with E-state index in [1.165, 1.54) is 21.3 Å². The summed E-state index contributed by atoms with van der Waals surface area (Å²) < 4.78 is 496. The number of likely N-dealkylation sites (N-methyl/N-ethyl adjacent to an activating group) is 8. The number of hydrogen-bond acceptors (Lipinski definition) is 24. The Bertz CT molecular complexity index is 6060. The summed E-state index contributed by atoms with van der Waals surface area (Å²) >= 11 is 0. The van der Waals surface area contributed by atoms with Crippen LogP contribution in [-0.4, -0.2) is 190 Å². The molecule has 24 N–H and O–H groups in total. The molecule has 8 aromatic rings. The van der Waals surface area contributed by atoms with Crippen molar-refractivity contribution in [3.8, 4) is 46.0 Å². The van der Waals surface area contributed by atoms with Gasteiger partial charge in [0.1, 0.15) is 46.0 Å². The fourth-order valence-electron chi connectivity index (χ4n) is 5.12. The minimum absolute atomic E-state index is 0.379. The average molecular weight is 1410 g/mol. The lowest BCUT2D eigenvalue weighted by molar-refractivity contribution is 0.177. The fraction of sp³-hybridized carbons (Fsp3) is 0.333. The number of hydrogen-bond donors (Lipinski definition) is 24. The standard InChI is InChI=1S/8C9H13NO2/c8*1-10-6-9(12)7-3-2-4-8(11)5-7/h8*2-5,9-12H,6H2,1H3/t8*9-/m11110000/s1/i1D3,2D,3D,4D,5D,6D2,9D;1D3,2D,3D,4D,5D,9D;1D3,2D,3D,4D,5D,6D2;1D3,2D,3D,4D,5D;1D3,2D,3D,4D,5D,6D2,9D;1D3,2D,3D,4D,5D,9D;1D3,2D,3D,4D,5D,6D2;1D3,2D,3D,4D,5D. The van der Waals surface area contributed by atoms with Crippen LogP contribution < -0.4 is 42.5 Å². The molecule has 0 spiro atoms. The van der Waals surface area contributed by atoms with Crippen LogP contribution in [0.4, 0.5) is 0 Å². The van der Waals surface area contributed by atoms with Gasteiger partial charge in [-0.15, -0.1) is 0 Å². The number of phenolic OH excluding ortho intramolecular Hbond substituents is 8. The van der Waals surface area contributed by atoms with Crippen LogP contribution in [0.2, 0.25) is 0 Å². The molecule has 0 saturated heterocycles. The monoisotopic (exact) mass is 1410 g/mol. The maximum atomic E-state index is 10.1. The van der Waals surface area contributed by atoms with E-state index < -0.39 is 429 Å². The van der Waals surface area contributed by atoms with E-state index in [4.69, 9.17) is 93.2 Å². The molecule has 8 aromatic carbocycles. The maximum absolute atomic E-state index is 10.1. The Morgan fingerprint density at radius 2 is 0.448 bits per heavy atom. The van der Waals surface area contributed by atoms with Crippen LogP contribution >= 0.6 is 0 Å². The molecule has 24 nitrogen and oxygen atoms in total. The topological polar surface area (TPSA) is 420 Å². The van der Waals surface area contributed by atoms with Crippen LogP contribution in [0, 0.1) is 0 Å². The Balaban J connectivity index is 0.000000938. The van der Waals surface area contributed by atoms with Crippen molar-refractivity contribution >= 4 is 0 Å². The number of benzene rings is 8. The van der Waals surface area contributed by atoms with Crippen molar-refractivity contribution < 1.29 is 175 Å². The van der Waals surface area contributed by atoms with Crippen molar-refractivity contribution in [3.05, 3.63) is 238 Å². The maximum Gasteiger partial charge on any atom is 0.115 e. The number of nitrogens with one attached hydrogen (secondary N) is 8. The third-order valence-electron chi connectivity index (χ3n) is 9.12. The molecule has 0 bridgehead atoms. The average Bonchev–Trinajstić information content (AvgIpc) is 0.737. The van der Waals surface area contributed by atoms with Crippen molar-refractivity contribution in [2.45, 2.75) is 48.7 Å². The number of phenols is 8. The summed E-state index contributed by atoms with van der Waals surface area (Å²) in [6, 6.07) is -25.9. The predicted octanol–water partition coefficient (Wildman–Crippen LogP) is 5.16. The molecule has 24 heteroatoms. The third kappa shape index (κ3) is 37.6. The smallest absolute Gasteiger partial charge is 0.115 e. The van der Waals surface area contributed by atoms with Crippen LogP contribution in [0.25, 0.3) is 0 Å². The van der Waals surface area contributed by atoms with Crippen molar-refractivity contribution in [2.75, 3.05) is 108 Å². The molecule has 0 aromatic heterocycles. The second-order valence-corrected chi connectivity index (χ2v) is 15.9. The molecular formula is C72H104N8O16. The second kappa shape index (κ2) is 50.9. The molecule has 528 valence electrons. The normalized spacial score (nSPS) is 26.0. The van der Waals surface area contributed by atoms with Gasteiger partial charge in [-0.1, -0.05) is 96.7 Å². The Morgan fingerprint density at radius 1 is 0.260 bits per heavy atom. The van der Waals surface area contributed by atoms with Gasteiger partial charge in [-0.3, -0.25) is 0 Å². The summed E-state index contributed by atoms with van der Waals surface area (Å²) in [5.41, 5.74) is -5.99. The first-order valence-corrected chi connectivity index (χ1v) is 24.9. The summed E-state index contributed by atoms with van der Waals surface area (Å²) in [5, 5.41) is 169. The van der Waals surface area contributed by atoms with Crippen LogP contribution in [0.5, 0.6) is 46.0 Å². The Morgan fingerprint density at radius 3 is 0.688 bits per heavy atom. The van der Waals surface area contributed by atoms with Crippen molar-refractivity contribution in [2.24, 2.45) is 0 Å². The number of aromatic hydroxyl groups is 8. The van der Waals surface area contributed by atoms with E-state index in [2.05, 4.69) is 0 Å². The summed E-state index contributed by atoms with van der Waals surface area (Å²) in [6.45, 7) is -37.5. The van der Waals surface area contributed by atoms with Crippen LogP contribution in [-0.2, 0) is 0 Å². The van der Waals surface area contributed by atoms with Gasteiger partial charge in [0, 0.05) is 96.0 Å². The summed E-state index contributed by atoms with van der Waals surface area (Å²) in [5.74, 6) is -7.74. The largest absolute Gasteiger partial charge is 0.508 e. The molecular weight excluding hydrogens is 1230 g/mol. The zero-order valence-corrected chi connectivity index (χ0v) is 48.3. The SMILES string of the molecule is [2H]c1c([2H])c(O)c([2H])c([C@@H](O)C([2H])([2H])NC([2H])([2H])[2H])c1[2H].[2H]c1c([2H])c(O)c([2H])c([C@@H](O)CNC([2H])([2H])[2H])c1[2H].[2H]c1c([2H])c(O)c([2H])c([C@@]([2H])(O)C([2H])([2H])NC([2H])([2H])[2H])c1[2H].[2H]c1c([2H])c(O)c([2H])c([C@@]([2H])(O)CNC([2H])([2H])[2H])c1[2H].[2H]c1c([2H])c(O)c([2H])c([C@H](O)C([2H])([2H])NC([2H])([2H])[2H])c1[2H].[2H]c1c([2H])c(O)c([2H])c([C@H](O)CNC([2H])([2H])[2H])c1[2H].[2H]c1c([2H])c(O)c([2H])c([C@]([2H])(O)C([2H])([2H])NC([2H])([2H])[2H])c1[2H].[2H]c1c([2H])c(O)c([2H])c([C@]([2H])(O)CNC([2H])([2H])[2H])c1[2H]. The van der Waals surface area contributed by atoms with Crippen LogP contribution in [0.1, 0.15) is 186 Å². The molecule has 8 atom stereocenters. The molecule has 0 aliphatic heterocycles. The second-order valence-electron chi connectivity index (χ2n) is 15.9. The summed E-state index contributed by atoms with van der Waals surface area (Å²) in [4.78, 5) is 0. The van der Waals surface area contributed by atoms with Crippen molar-refractivity contribution in [3.63, 3.8) is 0 Å². The Kier molecular flexibility index (Phi) is 14.4. The van der Waals surface area contributed by atoms with Gasteiger partial charge in [-0.2, -0.15) is 0 Å². The molecule has 0 heterocycles. The zero-order valence-electron chi connectivity index (χ0n) is 116. The third-order valence-corrected chi connectivity index (χ3v) is 9.12. The minimum Gasteiger partial charge on any atom is -0.508 e. The summed E-state index contributed by atoms with van der Waals surface area (Å²) in [6.07, 6.45) is -20.0. The van der Waals surface area contributed by atoms with E-state index in [1.54, 1.807) is 0 Å². The first-order chi connectivity index (χ1) is 72.7. The molecule has 0 unspecified atom stereocenters. The highest BCUT2D eigenvalue weighted by Gasteiger charge is 2.12. The van der Waals surface area contributed by atoms with E-state index in [0.717, 1.165) is 0 Å². The fourth-order valence-corrected chi connectivity index (χ4v) is 5.12. The zero-order chi connectivity index (χ0) is 131. The quantitative estimate of drug-likeness (QED) is 0.0371. The van der Waals surface area contributed by atoms with E-state index in [0.29, 0.717) is 0 Å². The summed E-state index contributed by atoms with van der Waals surface area (Å²) in [7, 11) is 0. The van der Waals surface area contributed by atoms with E-state index in [-0.39, 0.29) is 11.1 Å². The lowest BCUT2D eigenvalue weighted by atomic mass is 10.1. The highest BCUT2D eigenvalue weighted by atomic mass is 16.3. The van der Waals surface area contributed by atoms with E-state index in [1.807, 2.05) is 21.3 Å². The van der Waals surface area contributed by atoms with E-state index >= 15 is 0 Å². The molecule has 0 fully saturated rings. The molecule has 0 amide bonds. The number of aliphatic hydroxyl groups excluding tert-OH is 4. The Labute approximate surface area is 659 Å². The number of aliphatic hydroxyl groups is 8. The van der Waals surface area contributed by atoms with Gasteiger partial charge in [0.2, 0.25) is 0 Å². The van der Waals surface area contributed by atoms with Gasteiger partial charge < -0.3 is 124 Å². The van der Waals surface area contributed by atoms with Gasteiger partial charge in [0.15, 0.2) is 0 Å². The van der Waals surface area contributed by atoms with Gasteiger partial charge in [0.25, 0.3) is 0 Å². The lowest BCUT2D eigenvalue weighted by Crippen LogP contribution is -2.16. The minimum atomic E-state index is -3.48. The molecule has 0 aliphatic carbocycles. The highest BCUT2D eigenvalue weighted by molar-refractivity contribution is 5.34. The molecule has 0 aliphatic rings.